The lowest BCUT2D eigenvalue weighted by Gasteiger charge is -2.34. The van der Waals surface area contributed by atoms with Crippen LogP contribution in [-0.2, 0) is 19.7 Å². The molecule has 1 aromatic carbocycles. The highest BCUT2D eigenvalue weighted by Gasteiger charge is 2.29. The second-order valence-corrected chi connectivity index (χ2v) is 6.53. The Balaban J connectivity index is 0.000000595. The van der Waals surface area contributed by atoms with Gasteiger partial charge in [-0.25, -0.2) is 0 Å². The minimum Gasteiger partial charge on any atom is -0.398 e. The quantitative estimate of drug-likeness (QED) is 0.845. The van der Waals surface area contributed by atoms with Gasteiger partial charge in [0.2, 0.25) is 0 Å². The van der Waals surface area contributed by atoms with E-state index in [0.29, 0.717) is 0 Å². The molecule has 2 N–H and O–H groups in total. The fraction of sp³-hybridized carbons (Fsp3) is 0.526. The fourth-order valence-corrected chi connectivity index (χ4v) is 3.40. The van der Waals surface area contributed by atoms with Crippen molar-refractivity contribution in [2.75, 3.05) is 18.9 Å². The van der Waals surface area contributed by atoms with Gasteiger partial charge in [-0.2, -0.15) is 9.59 Å². The van der Waals surface area contributed by atoms with Gasteiger partial charge < -0.3 is 10.5 Å². The van der Waals surface area contributed by atoms with E-state index in [2.05, 4.69) is 31.2 Å². The predicted molar refractivity (Wildman–Crippen MR) is 89.7 cm³/mol. The average Bonchev–Trinajstić information content (AvgIpc) is 2.57. The zero-order valence-corrected chi connectivity index (χ0v) is 13.8. The van der Waals surface area contributed by atoms with E-state index < -0.39 is 0 Å². The molecule has 23 heavy (non-hydrogen) atoms. The Labute approximate surface area is 137 Å². The van der Waals surface area contributed by atoms with Crippen LogP contribution in [0.3, 0.4) is 0 Å². The molecule has 0 bridgehead atoms. The number of benzene rings is 1. The van der Waals surface area contributed by atoms with Crippen LogP contribution in [-0.4, -0.2) is 19.4 Å². The van der Waals surface area contributed by atoms with Crippen molar-refractivity contribution < 1.29 is 14.3 Å². The number of anilines is 1. The number of hydrogen-bond donors (Lipinski definition) is 1. The number of nitrogens with two attached hydrogens (primary N) is 1. The number of hydrogen-bond acceptors (Lipinski definition) is 4. The Bertz CT molecular complexity index is 595. The van der Waals surface area contributed by atoms with Crippen molar-refractivity contribution in [3.05, 3.63) is 35.4 Å². The van der Waals surface area contributed by atoms with Gasteiger partial charge in [0, 0.05) is 24.5 Å². The molecule has 1 aromatic rings. The van der Waals surface area contributed by atoms with E-state index in [4.69, 9.17) is 20.1 Å². The van der Waals surface area contributed by atoms with E-state index in [0.717, 1.165) is 31.7 Å². The third-order valence-electron chi connectivity index (χ3n) is 4.98. The lowest BCUT2D eigenvalue weighted by Crippen LogP contribution is -2.30. The van der Waals surface area contributed by atoms with Crippen molar-refractivity contribution >= 4 is 17.4 Å². The summed E-state index contributed by atoms with van der Waals surface area (Å²) in [6.07, 6.45) is 9.83. The van der Waals surface area contributed by atoms with E-state index in [1.54, 1.807) is 0 Å². The molecule has 0 amide bonds. The molecule has 124 valence electrons. The van der Waals surface area contributed by atoms with E-state index in [-0.39, 0.29) is 11.6 Å². The minimum atomic E-state index is 0.246. The predicted octanol–water partition coefficient (Wildman–Crippen LogP) is 3.71. The van der Waals surface area contributed by atoms with Gasteiger partial charge in [-0.15, -0.1) is 0 Å². The average molecular weight is 315 g/mol. The molecule has 2 aliphatic rings. The highest BCUT2D eigenvalue weighted by Crippen LogP contribution is 2.38. The summed E-state index contributed by atoms with van der Waals surface area (Å²) in [7, 11) is 0. The smallest absolute Gasteiger partial charge is 0.373 e. The Kier molecular flexibility index (Phi) is 6.14. The van der Waals surface area contributed by atoms with Crippen LogP contribution in [0, 0.1) is 0 Å². The van der Waals surface area contributed by atoms with Crippen LogP contribution >= 0.6 is 0 Å². The van der Waals surface area contributed by atoms with Crippen LogP contribution in [0.25, 0.3) is 5.57 Å². The Morgan fingerprint density at radius 2 is 1.87 bits per heavy atom. The molecule has 1 aliphatic heterocycles. The van der Waals surface area contributed by atoms with Crippen molar-refractivity contribution in [1.29, 1.82) is 0 Å². The van der Waals surface area contributed by atoms with Gasteiger partial charge in [-0.05, 0) is 67.2 Å². The van der Waals surface area contributed by atoms with Gasteiger partial charge in [0.25, 0.3) is 0 Å². The Hall–Kier alpha value is -1.90. The first-order valence-corrected chi connectivity index (χ1v) is 8.27. The number of ether oxygens (including phenoxy) is 1. The fourth-order valence-electron chi connectivity index (χ4n) is 3.40. The Morgan fingerprint density at radius 3 is 2.48 bits per heavy atom. The Morgan fingerprint density at radius 1 is 1.17 bits per heavy atom. The van der Waals surface area contributed by atoms with Gasteiger partial charge in [-0.3, -0.25) is 0 Å². The van der Waals surface area contributed by atoms with Gasteiger partial charge in [0.15, 0.2) is 0 Å². The third-order valence-corrected chi connectivity index (χ3v) is 4.98. The highest BCUT2D eigenvalue weighted by atomic mass is 16.5. The molecule has 1 saturated heterocycles. The molecular weight excluding hydrogens is 290 g/mol. The number of carbonyl (C=O) groups excluding carboxylic acids is 2. The van der Waals surface area contributed by atoms with Crippen LogP contribution < -0.4 is 5.73 Å². The summed E-state index contributed by atoms with van der Waals surface area (Å²) in [5.74, 6) is 0. The second-order valence-electron chi connectivity index (χ2n) is 6.53. The largest absolute Gasteiger partial charge is 0.398 e. The zero-order valence-electron chi connectivity index (χ0n) is 13.8. The van der Waals surface area contributed by atoms with Crippen LogP contribution in [0.2, 0.25) is 0 Å². The number of nitrogen functional groups attached to an aromatic ring is 1. The molecule has 0 unspecified atom stereocenters. The minimum absolute atomic E-state index is 0.246. The van der Waals surface area contributed by atoms with Crippen molar-refractivity contribution in [3.63, 3.8) is 0 Å². The lowest BCUT2D eigenvalue weighted by atomic mass is 9.75. The lowest BCUT2D eigenvalue weighted by molar-refractivity contribution is -0.191. The highest BCUT2D eigenvalue weighted by molar-refractivity contribution is 5.76. The summed E-state index contributed by atoms with van der Waals surface area (Å²) in [5, 5.41) is 0. The number of rotatable bonds is 2. The summed E-state index contributed by atoms with van der Waals surface area (Å²) in [4.78, 5) is 16.2. The first kappa shape index (κ1) is 17.5. The molecule has 0 aromatic heterocycles. The van der Waals surface area contributed by atoms with Gasteiger partial charge in [0.1, 0.15) is 0 Å². The molecule has 0 atom stereocenters. The summed E-state index contributed by atoms with van der Waals surface area (Å²) in [6, 6.07) is 6.66. The first-order chi connectivity index (χ1) is 11.1. The molecular formula is C19H25NO3. The molecule has 0 spiro atoms. The summed E-state index contributed by atoms with van der Waals surface area (Å²) in [5.41, 5.74) is 11.6. The van der Waals surface area contributed by atoms with Crippen LogP contribution in [0.4, 0.5) is 5.69 Å². The standard InChI is InChI=1S/C18H25NO.CO2/c1-18(9-11-20-12-10-18)15-7-8-17(19)16(13-15)14-5-3-2-4-6-14;2-1-3/h5,7-8,13H,2-4,6,9-12,19H2,1H3;. The maximum absolute atomic E-state index is 8.12. The van der Waals surface area contributed by atoms with E-state index in [9.17, 15) is 0 Å². The zero-order chi connectivity index (χ0) is 16.7. The van der Waals surface area contributed by atoms with E-state index >= 15 is 0 Å². The van der Waals surface area contributed by atoms with Crippen molar-refractivity contribution in [1.82, 2.24) is 0 Å². The second kappa shape index (κ2) is 8.09. The summed E-state index contributed by atoms with van der Waals surface area (Å²) < 4.78 is 5.52. The molecule has 4 nitrogen and oxygen atoms in total. The van der Waals surface area contributed by atoms with Crippen molar-refractivity contribution in [2.45, 2.75) is 50.9 Å². The van der Waals surface area contributed by atoms with Gasteiger partial charge in [0.05, 0.1) is 0 Å². The molecule has 4 heteroatoms. The molecule has 3 rings (SSSR count). The first-order valence-electron chi connectivity index (χ1n) is 8.27. The van der Waals surface area contributed by atoms with Gasteiger partial charge >= 0.3 is 6.15 Å². The molecule has 1 aliphatic carbocycles. The van der Waals surface area contributed by atoms with Crippen LogP contribution in [0.15, 0.2) is 24.3 Å². The summed E-state index contributed by atoms with van der Waals surface area (Å²) >= 11 is 0. The van der Waals surface area contributed by atoms with Crippen molar-refractivity contribution in [3.8, 4) is 0 Å². The molecule has 0 saturated carbocycles. The van der Waals surface area contributed by atoms with Gasteiger partial charge in [-0.1, -0.05) is 19.1 Å². The van der Waals surface area contributed by atoms with Crippen LogP contribution in [0.1, 0.15) is 56.6 Å². The maximum Gasteiger partial charge on any atom is 0.373 e. The SMILES string of the molecule is CC1(c2ccc(N)c(C3=CCCCC3)c2)CCOCC1.O=C=O. The maximum atomic E-state index is 8.12. The molecule has 0 radical (unpaired) electrons. The topological polar surface area (TPSA) is 69.4 Å². The van der Waals surface area contributed by atoms with Crippen LogP contribution in [0.5, 0.6) is 0 Å². The summed E-state index contributed by atoms with van der Waals surface area (Å²) in [6.45, 7) is 4.11. The monoisotopic (exact) mass is 315 g/mol. The van der Waals surface area contributed by atoms with E-state index in [1.165, 1.54) is 42.4 Å². The molecule has 1 fully saturated rings. The third kappa shape index (κ3) is 4.31. The number of allylic oxidation sites excluding steroid dienone is 2. The normalized spacial score (nSPS) is 19.8. The molecule has 1 heterocycles. The van der Waals surface area contributed by atoms with Crippen molar-refractivity contribution in [2.24, 2.45) is 0 Å². The van der Waals surface area contributed by atoms with E-state index in [1.807, 2.05) is 0 Å².